The Bertz CT molecular complexity index is 729. The summed E-state index contributed by atoms with van der Waals surface area (Å²) >= 11 is 6.09. The number of sulfonamides is 1. The highest BCUT2D eigenvalue weighted by Gasteiger charge is 2.31. The summed E-state index contributed by atoms with van der Waals surface area (Å²) in [4.78, 5) is 0. The highest BCUT2D eigenvalue weighted by molar-refractivity contribution is 7.90. The van der Waals surface area contributed by atoms with Gasteiger partial charge in [-0.3, -0.25) is 5.17 Å². The summed E-state index contributed by atoms with van der Waals surface area (Å²) in [6, 6.07) is 5.08. The van der Waals surface area contributed by atoms with Crippen LogP contribution in [0.25, 0.3) is 0 Å². The molecule has 1 aromatic rings. The average Bonchev–Trinajstić information content (AvgIpc) is 2.59. The van der Waals surface area contributed by atoms with Crippen LogP contribution in [0.2, 0.25) is 5.02 Å². The fourth-order valence-corrected chi connectivity index (χ4v) is 4.21. The van der Waals surface area contributed by atoms with E-state index in [0.717, 1.165) is 25.7 Å². The van der Waals surface area contributed by atoms with Gasteiger partial charge in [-0.15, -0.1) is 0 Å². The van der Waals surface area contributed by atoms with Crippen molar-refractivity contribution in [2.45, 2.75) is 57.2 Å². The number of rotatable bonds is 7. The van der Waals surface area contributed by atoms with E-state index in [0.29, 0.717) is 23.0 Å². The molecule has 154 valence electrons. The summed E-state index contributed by atoms with van der Waals surface area (Å²) in [5, 5.41) is 12.9. The van der Waals surface area contributed by atoms with Gasteiger partial charge in [-0.1, -0.05) is 11.6 Å². The zero-order chi connectivity index (χ0) is 20.2. The summed E-state index contributed by atoms with van der Waals surface area (Å²) in [6.45, 7) is 5.48. The normalized spacial score (nSPS) is 22.3. The van der Waals surface area contributed by atoms with Crippen LogP contribution in [0.15, 0.2) is 18.2 Å². The summed E-state index contributed by atoms with van der Waals surface area (Å²) in [5.41, 5.74) is 3.55. The Morgan fingerprint density at radius 2 is 1.89 bits per heavy atom. The fourth-order valence-electron chi connectivity index (χ4n) is 3.06. The maximum atomic E-state index is 12.5. The number of quaternary nitrogens is 1. The van der Waals surface area contributed by atoms with E-state index in [1.165, 1.54) is 0 Å². The molecule has 3 N–H and O–H groups in total. The molecule has 1 aromatic carbocycles. The van der Waals surface area contributed by atoms with Crippen molar-refractivity contribution in [3.05, 3.63) is 28.4 Å². The topological polar surface area (TPSA) is 94.9 Å². The number of halogens is 1. The number of hydroxylamine groups is 1. The lowest BCUT2D eigenvalue weighted by Crippen LogP contribution is -3.14. The van der Waals surface area contributed by atoms with E-state index in [9.17, 15) is 13.6 Å². The van der Waals surface area contributed by atoms with Gasteiger partial charge in [0.25, 0.3) is 0 Å². The smallest absolute Gasteiger partial charge is 0.216 e. The van der Waals surface area contributed by atoms with Crippen LogP contribution < -0.4 is 20.1 Å². The lowest BCUT2D eigenvalue weighted by Gasteiger charge is -2.36. The molecule has 0 radical (unpaired) electrons. The molecule has 1 saturated carbocycles. The minimum absolute atomic E-state index is 0.0232. The van der Waals surface area contributed by atoms with Gasteiger partial charge in [-0.25, -0.2) is 18.6 Å². The van der Waals surface area contributed by atoms with Crippen molar-refractivity contribution in [3.8, 4) is 5.75 Å². The van der Waals surface area contributed by atoms with E-state index < -0.39 is 14.8 Å². The van der Waals surface area contributed by atoms with E-state index in [-0.39, 0.29) is 17.1 Å². The van der Waals surface area contributed by atoms with E-state index in [2.05, 4.69) is 10.1 Å². The monoisotopic (exact) mass is 419 g/mol. The molecule has 1 atom stereocenters. The molecule has 0 aliphatic heterocycles. The van der Waals surface area contributed by atoms with Crippen molar-refractivity contribution in [1.29, 1.82) is 0 Å². The molecule has 27 heavy (non-hydrogen) atoms. The molecular formula is C18H30ClN3O4S. The Labute approximate surface area is 167 Å². The minimum Gasteiger partial charge on any atom is -0.608 e. The Hall–Kier alpha value is -1.06. The van der Waals surface area contributed by atoms with E-state index in [1.807, 2.05) is 0 Å². The predicted molar refractivity (Wildman–Crippen MR) is 108 cm³/mol. The van der Waals surface area contributed by atoms with Crippen LogP contribution in [0.3, 0.4) is 0 Å². The van der Waals surface area contributed by atoms with Crippen LogP contribution in [-0.2, 0) is 10.0 Å². The zero-order valence-electron chi connectivity index (χ0n) is 16.3. The van der Waals surface area contributed by atoms with Crippen molar-refractivity contribution in [2.24, 2.45) is 5.92 Å². The molecule has 1 aliphatic carbocycles. The zero-order valence-corrected chi connectivity index (χ0v) is 17.9. The van der Waals surface area contributed by atoms with Crippen molar-refractivity contribution >= 4 is 27.3 Å². The highest BCUT2D eigenvalue weighted by Crippen LogP contribution is 2.27. The van der Waals surface area contributed by atoms with E-state index in [1.54, 1.807) is 46.1 Å². The fraction of sp³-hybridized carbons (Fsp3) is 0.667. The Morgan fingerprint density at radius 1 is 1.26 bits per heavy atom. The van der Waals surface area contributed by atoms with Gasteiger partial charge in [0.2, 0.25) is 10.0 Å². The lowest BCUT2D eigenvalue weighted by molar-refractivity contribution is -0.854. The molecule has 1 fully saturated rings. The first kappa shape index (κ1) is 22.2. The number of ether oxygens (including phenoxy) is 1. The molecule has 0 saturated heterocycles. The second kappa shape index (κ2) is 8.96. The van der Waals surface area contributed by atoms with Gasteiger partial charge in [-0.05, 0) is 57.7 Å². The maximum Gasteiger partial charge on any atom is 0.216 e. The molecule has 0 aromatic heterocycles. The molecule has 7 nitrogen and oxygen atoms in total. The second-order valence-electron chi connectivity index (χ2n) is 8.02. The largest absolute Gasteiger partial charge is 0.608 e. The lowest BCUT2D eigenvalue weighted by atomic mass is 9.86. The summed E-state index contributed by atoms with van der Waals surface area (Å²) in [5.74, 6) is 0.828. The molecule has 0 bridgehead atoms. The van der Waals surface area contributed by atoms with Crippen LogP contribution in [0, 0.1) is 11.1 Å². The van der Waals surface area contributed by atoms with Crippen LogP contribution in [0.1, 0.15) is 46.5 Å². The number of anilines is 1. The molecule has 0 heterocycles. The highest BCUT2D eigenvalue weighted by atomic mass is 35.5. The van der Waals surface area contributed by atoms with Crippen LogP contribution >= 0.6 is 11.6 Å². The van der Waals surface area contributed by atoms with Crippen molar-refractivity contribution in [3.63, 3.8) is 0 Å². The van der Waals surface area contributed by atoms with Crippen molar-refractivity contribution < 1.29 is 18.3 Å². The Morgan fingerprint density at radius 3 is 2.41 bits per heavy atom. The molecule has 2 rings (SSSR count). The van der Waals surface area contributed by atoms with Crippen LogP contribution in [0.4, 0.5) is 5.69 Å². The van der Waals surface area contributed by atoms with Gasteiger partial charge < -0.3 is 9.94 Å². The minimum atomic E-state index is -3.33. The second-order valence-corrected chi connectivity index (χ2v) is 10.9. The molecule has 0 spiro atoms. The van der Waals surface area contributed by atoms with Gasteiger partial charge >= 0.3 is 0 Å². The summed E-state index contributed by atoms with van der Waals surface area (Å²) in [7, 11) is -1.79. The molecule has 1 aliphatic rings. The van der Waals surface area contributed by atoms with Crippen LogP contribution in [-0.4, -0.2) is 32.9 Å². The van der Waals surface area contributed by atoms with E-state index in [4.69, 9.17) is 16.3 Å². The third-order valence-electron chi connectivity index (χ3n) is 5.01. The number of nitrogens with one attached hydrogen (secondary N) is 3. The first-order valence-electron chi connectivity index (χ1n) is 9.17. The van der Waals surface area contributed by atoms with Gasteiger partial charge in [0.15, 0.2) is 0 Å². The van der Waals surface area contributed by atoms with Crippen LogP contribution in [0.5, 0.6) is 5.75 Å². The molecule has 9 heteroatoms. The van der Waals surface area contributed by atoms with Crippen molar-refractivity contribution in [2.75, 3.05) is 19.1 Å². The third-order valence-corrected chi connectivity index (χ3v) is 7.46. The number of hydrogen-bond donors (Lipinski definition) is 3. The average molecular weight is 420 g/mol. The quantitative estimate of drug-likeness (QED) is 0.589. The van der Waals surface area contributed by atoms with Gasteiger partial charge in [0.1, 0.15) is 11.8 Å². The maximum absolute atomic E-state index is 12.5. The molecule has 1 unspecified atom stereocenters. The number of methoxy groups -OCH3 is 1. The predicted octanol–water partition coefficient (Wildman–Crippen LogP) is 2.33. The first-order chi connectivity index (χ1) is 12.5. The Balaban J connectivity index is 1.82. The summed E-state index contributed by atoms with van der Waals surface area (Å²) in [6.07, 6.45) is 3.15. The summed E-state index contributed by atoms with van der Waals surface area (Å²) < 4.78 is 31.3. The van der Waals surface area contributed by atoms with Gasteiger partial charge in [0.05, 0.1) is 22.6 Å². The molecular weight excluding hydrogens is 390 g/mol. The van der Waals surface area contributed by atoms with Gasteiger partial charge in [-0.2, -0.15) is 0 Å². The first-order valence-corrected chi connectivity index (χ1v) is 11.0. The number of hydrogen-bond acceptors (Lipinski definition) is 5. The standard InChI is InChI=1S/C18H30ClN3O4S/c1-18(2,3)27(24,25)20-12-13-5-8-15(9-6-13)22(23)21-14-7-10-17(26-4)16(19)11-14/h7,10-11,13,15,20-22H,5-6,8-9,12H2,1-4H3. The van der Waals surface area contributed by atoms with E-state index >= 15 is 0 Å². The van der Waals surface area contributed by atoms with Crippen molar-refractivity contribution in [1.82, 2.24) is 4.72 Å². The Kier molecular flexibility index (Phi) is 7.38. The third kappa shape index (κ3) is 5.96. The SMILES string of the molecule is COc1ccc(N[NH+]([O-])C2CCC(CNS(=O)(=O)C(C)(C)C)CC2)cc1Cl. The van der Waals surface area contributed by atoms with Gasteiger partial charge in [0, 0.05) is 19.4 Å². The molecule has 0 amide bonds. The number of benzene rings is 1.